The predicted molar refractivity (Wildman–Crippen MR) is 112 cm³/mol. The van der Waals surface area contributed by atoms with Crippen molar-refractivity contribution in [1.29, 1.82) is 0 Å². The second-order valence-corrected chi connectivity index (χ2v) is 6.45. The van der Waals surface area contributed by atoms with Gasteiger partial charge in [0.05, 0.1) is 12.7 Å². The average Bonchev–Trinajstić information content (AvgIpc) is 2.75. The van der Waals surface area contributed by atoms with Crippen LogP contribution in [0.4, 0.5) is 5.82 Å². The molecule has 0 saturated carbocycles. The monoisotopic (exact) mass is 375 g/mol. The summed E-state index contributed by atoms with van der Waals surface area (Å²) >= 11 is 0. The zero-order valence-electron chi connectivity index (χ0n) is 16.0. The first-order valence-electron chi connectivity index (χ1n) is 9.39. The lowest BCUT2D eigenvalue weighted by Crippen LogP contribution is -2.25. The van der Waals surface area contributed by atoms with Crippen LogP contribution in [0.5, 0.6) is 5.75 Å². The summed E-state index contributed by atoms with van der Waals surface area (Å²) in [6.07, 6.45) is 3.30. The van der Waals surface area contributed by atoms with E-state index in [1.54, 1.807) is 19.4 Å². The van der Waals surface area contributed by atoms with Crippen molar-refractivity contribution in [2.24, 2.45) is 0 Å². The van der Waals surface area contributed by atoms with Gasteiger partial charge in [0.2, 0.25) is 0 Å². The minimum absolute atomic E-state index is 0.104. The Morgan fingerprint density at radius 1 is 0.893 bits per heavy atom. The van der Waals surface area contributed by atoms with Gasteiger partial charge in [-0.2, -0.15) is 0 Å². The van der Waals surface area contributed by atoms with Crippen molar-refractivity contribution in [3.8, 4) is 5.75 Å². The van der Waals surface area contributed by atoms with Gasteiger partial charge in [-0.1, -0.05) is 42.5 Å². The van der Waals surface area contributed by atoms with Gasteiger partial charge < -0.3 is 15.4 Å². The summed E-state index contributed by atoms with van der Waals surface area (Å²) in [5, 5.41) is 6.21. The molecule has 1 amide bonds. The lowest BCUT2D eigenvalue weighted by Gasteiger charge is -2.08. The number of hydrogen-bond donors (Lipinski definition) is 2. The molecule has 144 valence electrons. The van der Waals surface area contributed by atoms with Gasteiger partial charge in [0.25, 0.3) is 5.91 Å². The molecule has 0 unspecified atom stereocenters. The standard InChI is InChI=1S/C23H25N3O2/c1-28-21-10-7-19(8-11-21)13-15-24-22-12-9-20(17-26-22)23(27)25-16-14-18-5-3-2-4-6-18/h2-12,17H,13-16H2,1H3,(H,24,26)(H,25,27). The second-order valence-electron chi connectivity index (χ2n) is 6.45. The first-order chi connectivity index (χ1) is 13.7. The van der Waals surface area contributed by atoms with Crippen LogP contribution in [0.15, 0.2) is 72.9 Å². The number of anilines is 1. The SMILES string of the molecule is COc1ccc(CCNc2ccc(C(=O)NCCc3ccccc3)cn2)cc1. The average molecular weight is 375 g/mol. The van der Waals surface area contributed by atoms with E-state index in [1.165, 1.54) is 11.1 Å². The predicted octanol–water partition coefficient (Wildman–Crippen LogP) is 3.72. The molecule has 0 atom stereocenters. The molecule has 0 saturated heterocycles. The Labute approximate surface area is 165 Å². The number of nitrogens with zero attached hydrogens (tertiary/aromatic N) is 1. The number of benzene rings is 2. The fraction of sp³-hybridized carbons (Fsp3) is 0.217. The first kappa shape index (κ1) is 19.4. The van der Waals surface area contributed by atoms with E-state index in [4.69, 9.17) is 4.74 Å². The molecule has 0 aliphatic carbocycles. The Hall–Kier alpha value is -3.34. The van der Waals surface area contributed by atoms with Crippen molar-refractivity contribution in [3.05, 3.63) is 89.6 Å². The molecule has 28 heavy (non-hydrogen) atoms. The van der Waals surface area contributed by atoms with Gasteiger partial charge in [0.1, 0.15) is 11.6 Å². The molecule has 2 N–H and O–H groups in total. The van der Waals surface area contributed by atoms with E-state index in [9.17, 15) is 4.79 Å². The Morgan fingerprint density at radius 3 is 2.29 bits per heavy atom. The van der Waals surface area contributed by atoms with E-state index < -0.39 is 0 Å². The van der Waals surface area contributed by atoms with Crippen molar-refractivity contribution in [2.75, 3.05) is 25.5 Å². The molecule has 1 aromatic heterocycles. The van der Waals surface area contributed by atoms with Crippen LogP contribution in [-0.4, -0.2) is 31.1 Å². The zero-order chi connectivity index (χ0) is 19.6. The summed E-state index contributed by atoms with van der Waals surface area (Å²) in [6, 6.07) is 21.7. The highest BCUT2D eigenvalue weighted by Gasteiger charge is 2.06. The van der Waals surface area contributed by atoms with E-state index in [0.717, 1.165) is 31.0 Å². The summed E-state index contributed by atoms with van der Waals surface area (Å²) < 4.78 is 5.16. The molecule has 3 aromatic rings. The molecule has 0 aliphatic rings. The van der Waals surface area contributed by atoms with E-state index in [1.807, 2.05) is 36.4 Å². The van der Waals surface area contributed by atoms with Gasteiger partial charge in [0.15, 0.2) is 0 Å². The third-order valence-electron chi connectivity index (χ3n) is 4.45. The Morgan fingerprint density at radius 2 is 1.61 bits per heavy atom. The lowest BCUT2D eigenvalue weighted by atomic mass is 10.1. The summed E-state index contributed by atoms with van der Waals surface area (Å²) in [5.41, 5.74) is 2.99. The van der Waals surface area contributed by atoms with E-state index in [-0.39, 0.29) is 5.91 Å². The molecular formula is C23H25N3O2. The van der Waals surface area contributed by atoms with Crippen molar-refractivity contribution in [2.45, 2.75) is 12.8 Å². The minimum Gasteiger partial charge on any atom is -0.497 e. The van der Waals surface area contributed by atoms with Crippen LogP contribution in [0.3, 0.4) is 0 Å². The highest BCUT2D eigenvalue weighted by Crippen LogP contribution is 2.12. The first-order valence-corrected chi connectivity index (χ1v) is 9.39. The normalized spacial score (nSPS) is 10.3. The summed E-state index contributed by atoms with van der Waals surface area (Å²) in [7, 11) is 1.66. The van der Waals surface area contributed by atoms with Crippen molar-refractivity contribution >= 4 is 11.7 Å². The summed E-state index contributed by atoms with van der Waals surface area (Å²) in [6.45, 7) is 1.37. The number of pyridine rings is 1. The van der Waals surface area contributed by atoms with E-state index in [0.29, 0.717) is 12.1 Å². The molecule has 2 aromatic carbocycles. The van der Waals surface area contributed by atoms with Crippen LogP contribution in [0.1, 0.15) is 21.5 Å². The lowest BCUT2D eigenvalue weighted by molar-refractivity contribution is 0.0954. The quantitative estimate of drug-likeness (QED) is 0.598. The Kier molecular flexibility index (Phi) is 7.01. The van der Waals surface area contributed by atoms with Gasteiger partial charge in [-0.3, -0.25) is 4.79 Å². The van der Waals surface area contributed by atoms with Crippen LogP contribution in [0.2, 0.25) is 0 Å². The van der Waals surface area contributed by atoms with Crippen molar-refractivity contribution < 1.29 is 9.53 Å². The van der Waals surface area contributed by atoms with E-state index in [2.05, 4.69) is 39.9 Å². The number of carbonyl (C=O) groups is 1. The van der Waals surface area contributed by atoms with Crippen LogP contribution in [0, 0.1) is 0 Å². The molecule has 5 nitrogen and oxygen atoms in total. The molecule has 0 aliphatic heterocycles. The molecular weight excluding hydrogens is 350 g/mol. The minimum atomic E-state index is -0.104. The number of carbonyl (C=O) groups excluding carboxylic acids is 1. The number of nitrogens with one attached hydrogen (secondary N) is 2. The fourth-order valence-electron chi connectivity index (χ4n) is 2.83. The third-order valence-corrected chi connectivity index (χ3v) is 4.45. The summed E-state index contributed by atoms with van der Waals surface area (Å²) in [4.78, 5) is 16.5. The number of hydrogen-bond acceptors (Lipinski definition) is 4. The maximum atomic E-state index is 12.2. The smallest absolute Gasteiger partial charge is 0.252 e. The molecule has 0 spiro atoms. The Bertz CT molecular complexity index is 863. The number of rotatable bonds is 9. The van der Waals surface area contributed by atoms with Crippen LogP contribution in [0.25, 0.3) is 0 Å². The number of aromatic nitrogens is 1. The molecule has 0 radical (unpaired) electrons. The largest absolute Gasteiger partial charge is 0.497 e. The van der Waals surface area contributed by atoms with E-state index >= 15 is 0 Å². The third kappa shape index (κ3) is 5.84. The topological polar surface area (TPSA) is 63.2 Å². The van der Waals surface area contributed by atoms with Crippen LogP contribution in [-0.2, 0) is 12.8 Å². The van der Waals surface area contributed by atoms with Gasteiger partial charge in [-0.05, 0) is 48.2 Å². The number of amides is 1. The van der Waals surface area contributed by atoms with Gasteiger partial charge in [-0.15, -0.1) is 0 Å². The summed E-state index contributed by atoms with van der Waals surface area (Å²) in [5.74, 6) is 1.51. The molecule has 3 rings (SSSR count). The van der Waals surface area contributed by atoms with Gasteiger partial charge in [0, 0.05) is 19.3 Å². The van der Waals surface area contributed by atoms with Gasteiger partial charge >= 0.3 is 0 Å². The van der Waals surface area contributed by atoms with Crippen LogP contribution < -0.4 is 15.4 Å². The molecule has 0 bridgehead atoms. The van der Waals surface area contributed by atoms with Gasteiger partial charge in [-0.25, -0.2) is 4.98 Å². The second kappa shape index (κ2) is 10.1. The van der Waals surface area contributed by atoms with Crippen molar-refractivity contribution in [3.63, 3.8) is 0 Å². The molecule has 1 heterocycles. The maximum absolute atomic E-state index is 12.2. The van der Waals surface area contributed by atoms with Crippen molar-refractivity contribution in [1.82, 2.24) is 10.3 Å². The molecule has 5 heteroatoms. The Balaban J connectivity index is 1.41. The molecule has 0 fully saturated rings. The maximum Gasteiger partial charge on any atom is 0.252 e. The fourth-order valence-corrected chi connectivity index (χ4v) is 2.83. The number of ether oxygens (including phenoxy) is 1. The highest BCUT2D eigenvalue weighted by molar-refractivity contribution is 5.94. The van der Waals surface area contributed by atoms with Crippen LogP contribution >= 0.6 is 0 Å². The highest BCUT2D eigenvalue weighted by atomic mass is 16.5. The zero-order valence-corrected chi connectivity index (χ0v) is 16.0. The number of methoxy groups -OCH3 is 1.